The molecule has 7 nitrogen and oxygen atoms in total. The number of aromatic nitrogens is 1. The first kappa shape index (κ1) is 21.5. The van der Waals surface area contributed by atoms with Crippen molar-refractivity contribution in [1.29, 1.82) is 0 Å². The van der Waals surface area contributed by atoms with E-state index in [1.165, 1.54) is 6.26 Å². The molecule has 0 atom stereocenters. The average Bonchev–Trinajstić information content (AvgIpc) is 3.49. The number of sulfone groups is 1. The second-order valence-electron chi connectivity index (χ2n) is 8.59. The van der Waals surface area contributed by atoms with Gasteiger partial charge in [-0.25, -0.2) is 13.4 Å². The highest BCUT2D eigenvalue weighted by Crippen LogP contribution is 2.51. The molecule has 1 saturated carbocycles. The lowest BCUT2D eigenvalue weighted by atomic mass is 9.94. The van der Waals surface area contributed by atoms with Gasteiger partial charge in [0.05, 0.1) is 16.9 Å². The number of carbonyl (C=O) groups excluding carboxylic acids is 1. The van der Waals surface area contributed by atoms with Crippen LogP contribution >= 0.6 is 0 Å². The summed E-state index contributed by atoms with van der Waals surface area (Å²) in [4.78, 5) is 17.8. The second kappa shape index (κ2) is 8.19. The fourth-order valence-electron chi connectivity index (χ4n) is 4.01. The maximum atomic E-state index is 13.2. The first-order valence-electron chi connectivity index (χ1n) is 10.8. The highest BCUT2D eigenvalue weighted by Gasteiger charge is 2.51. The molecule has 172 valence electrons. The number of aryl methyl sites for hydroxylation is 1. The maximum absolute atomic E-state index is 13.2. The minimum absolute atomic E-state index is 0. The first-order chi connectivity index (χ1) is 15.8. The minimum atomic E-state index is -3.00. The highest BCUT2D eigenvalue weighted by atomic mass is 32.2. The Morgan fingerprint density at radius 1 is 1.06 bits per heavy atom. The van der Waals surface area contributed by atoms with Crippen molar-refractivity contribution in [3.63, 3.8) is 0 Å². The summed E-state index contributed by atoms with van der Waals surface area (Å²) in [6.07, 6.45) is 3.26. The molecule has 2 heterocycles. The van der Waals surface area contributed by atoms with E-state index in [9.17, 15) is 13.2 Å². The molecule has 1 fully saturated rings. The SMILES string of the molecule is CS(=O)(=O)CCc1ccc(-c2cccc(NC(=O)C3(c4ccc5c(c4)OCO5)CC3)n2)cc1.[HH]. The Morgan fingerprint density at radius 2 is 1.82 bits per heavy atom. The van der Waals surface area contributed by atoms with Gasteiger partial charge in [-0.15, -0.1) is 0 Å². The van der Waals surface area contributed by atoms with Crippen LogP contribution in [-0.2, 0) is 26.5 Å². The highest BCUT2D eigenvalue weighted by molar-refractivity contribution is 7.90. The third-order valence-electron chi connectivity index (χ3n) is 6.11. The zero-order valence-corrected chi connectivity index (χ0v) is 19.0. The third-order valence-corrected chi connectivity index (χ3v) is 7.06. The number of ether oxygens (including phenoxy) is 2. The van der Waals surface area contributed by atoms with Crippen LogP contribution in [-0.4, -0.2) is 38.1 Å². The van der Waals surface area contributed by atoms with E-state index in [2.05, 4.69) is 10.3 Å². The Kier molecular flexibility index (Phi) is 5.32. The Hall–Kier alpha value is -3.39. The summed E-state index contributed by atoms with van der Waals surface area (Å²) >= 11 is 0. The predicted molar refractivity (Wildman–Crippen MR) is 127 cm³/mol. The molecule has 8 heteroatoms. The number of pyridine rings is 1. The van der Waals surface area contributed by atoms with Crippen LogP contribution in [0.2, 0.25) is 0 Å². The van der Waals surface area contributed by atoms with E-state index < -0.39 is 15.3 Å². The number of nitrogens with zero attached hydrogens (tertiary/aromatic N) is 1. The van der Waals surface area contributed by atoms with Gasteiger partial charge in [-0.2, -0.15) is 0 Å². The van der Waals surface area contributed by atoms with Gasteiger partial charge in [0, 0.05) is 13.2 Å². The summed E-state index contributed by atoms with van der Waals surface area (Å²) in [5.41, 5.74) is 2.93. The third kappa shape index (κ3) is 4.57. The van der Waals surface area contributed by atoms with Crippen molar-refractivity contribution in [2.75, 3.05) is 24.1 Å². The number of hydrogen-bond acceptors (Lipinski definition) is 6. The van der Waals surface area contributed by atoms with Gasteiger partial charge in [0.25, 0.3) is 0 Å². The number of carbonyl (C=O) groups is 1. The van der Waals surface area contributed by atoms with Gasteiger partial charge in [-0.1, -0.05) is 36.4 Å². The molecule has 1 N–H and O–H groups in total. The molecule has 0 saturated heterocycles. The van der Waals surface area contributed by atoms with Crippen molar-refractivity contribution < 1.29 is 24.1 Å². The van der Waals surface area contributed by atoms with Gasteiger partial charge in [0.1, 0.15) is 15.7 Å². The normalized spacial score (nSPS) is 15.8. The van der Waals surface area contributed by atoms with Crippen LogP contribution < -0.4 is 14.8 Å². The molecule has 1 amide bonds. The fourth-order valence-corrected chi connectivity index (χ4v) is 4.62. The van der Waals surface area contributed by atoms with Crippen LogP contribution in [0.3, 0.4) is 0 Å². The van der Waals surface area contributed by atoms with Crippen molar-refractivity contribution in [3.8, 4) is 22.8 Å². The molecule has 2 aromatic carbocycles. The number of rotatable bonds is 7. The van der Waals surface area contributed by atoms with Gasteiger partial charge < -0.3 is 14.8 Å². The summed E-state index contributed by atoms with van der Waals surface area (Å²) in [5.74, 6) is 1.91. The molecule has 0 radical (unpaired) electrons. The zero-order valence-electron chi connectivity index (χ0n) is 18.2. The van der Waals surface area contributed by atoms with E-state index in [0.717, 1.165) is 35.2 Å². The van der Waals surface area contributed by atoms with Gasteiger partial charge in [0.2, 0.25) is 12.7 Å². The van der Waals surface area contributed by atoms with E-state index >= 15 is 0 Å². The Morgan fingerprint density at radius 3 is 2.55 bits per heavy atom. The molecule has 1 aliphatic carbocycles. The van der Waals surface area contributed by atoms with Crippen molar-refractivity contribution >= 4 is 21.6 Å². The lowest BCUT2D eigenvalue weighted by molar-refractivity contribution is -0.118. The quantitative estimate of drug-likeness (QED) is 0.566. The Balaban J connectivity index is 0.00000274. The van der Waals surface area contributed by atoms with Crippen LogP contribution in [0.15, 0.2) is 60.7 Å². The smallest absolute Gasteiger partial charge is 0.236 e. The van der Waals surface area contributed by atoms with E-state index in [0.29, 0.717) is 23.7 Å². The number of hydrogen-bond donors (Lipinski definition) is 1. The molecular formula is C25H26N2O5S. The standard InChI is InChI=1S/C25H24N2O5S.H2/c1-33(29,30)14-11-17-5-7-18(8-6-17)20-3-2-4-23(26-20)27-24(28)25(12-13-25)19-9-10-21-22(15-19)32-16-31-21;/h2-10,15H,11-14,16H2,1H3,(H,26,27,28);1H. The van der Waals surface area contributed by atoms with Gasteiger partial charge in [-0.05, 0) is 54.7 Å². The van der Waals surface area contributed by atoms with E-state index in [-0.39, 0.29) is 19.9 Å². The average molecular weight is 467 g/mol. The van der Waals surface area contributed by atoms with Crippen molar-refractivity contribution in [2.24, 2.45) is 0 Å². The number of anilines is 1. The van der Waals surface area contributed by atoms with E-state index in [4.69, 9.17) is 9.47 Å². The lowest BCUT2D eigenvalue weighted by Crippen LogP contribution is -2.28. The Bertz CT molecular complexity index is 1320. The summed E-state index contributed by atoms with van der Waals surface area (Å²) in [6.45, 7) is 0.202. The number of benzene rings is 2. The molecule has 1 aliphatic heterocycles. The van der Waals surface area contributed by atoms with E-state index in [1.807, 2.05) is 54.6 Å². The molecule has 3 aromatic rings. The van der Waals surface area contributed by atoms with Crippen LogP contribution in [0.25, 0.3) is 11.3 Å². The molecule has 0 bridgehead atoms. The van der Waals surface area contributed by atoms with Gasteiger partial charge in [0.15, 0.2) is 11.5 Å². The van der Waals surface area contributed by atoms with Crippen LogP contribution in [0, 0.1) is 0 Å². The van der Waals surface area contributed by atoms with Crippen molar-refractivity contribution in [3.05, 3.63) is 71.8 Å². The molecule has 0 spiro atoms. The second-order valence-corrected chi connectivity index (χ2v) is 10.8. The number of fused-ring (bicyclic) bond motifs is 1. The van der Waals surface area contributed by atoms with Gasteiger partial charge >= 0.3 is 0 Å². The monoisotopic (exact) mass is 466 g/mol. The van der Waals surface area contributed by atoms with Crippen LogP contribution in [0.4, 0.5) is 5.82 Å². The molecular weight excluding hydrogens is 440 g/mol. The minimum Gasteiger partial charge on any atom is -0.454 e. The summed E-state index contributed by atoms with van der Waals surface area (Å²) in [6, 6.07) is 18.8. The summed E-state index contributed by atoms with van der Waals surface area (Å²) < 4.78 is 33.6. The van der Waals surface area contributed by atoms with Crippen LogP contribution in [0.1, 0.15) is 25.4 Å². The molecule has 33 heavy (non-hydrogen) atoms. The van der Waals surface area contributed by atoms with Crippen LogP contribution in [0.5, 0.6) is 11.5 Å². The molecule has 2 aliphatic rings. The fraction of sp³-hybridized carbons (Fsp3) is 0.280. The first-order valence-corrected chi connectivity index (χ1v) is 12.8. The lowest BCUT2D eigenvalue weighted by Gasteiger charge is -2.16. The van der Waals surface area contributed by atoms with E-state index in [1.54, 1.807) is 6.07 Å². The van der Waals surface area contributed by atoms with Gasteiger partial charge in [-0.3, -0.25) is 4.79 Å². The predicted octanol–water partition coefficient (Wildman–Crippen LogP) is 3.98. The van der Waals surface area contributed by atoms with Crippen molar-refractivity contribution in [2.45, 2.75) is 24.7 Å². The van der Waals surface area contributed by atoms with Crippen molar-refractivity contribution in [1.82, 2.24) is 4.98 Å². The molecule has 1 aromatic heterocycles. The topological polar surface area (TPSA) is 94.6 Å². The molecule has 5 rings (SSSR count). The Labute approximate surface area is 194 Å². The zero-order chi connectivity index (χ0) is 23.1. The summed E-state index contributed by atoms with van der Waals surface area (Å²) in [5, 5.41) is 2.98. The number of amides is 1. The largest absolute Gasteiger partial charge is 0.454 e. The molecule has 0 unspecified atom stereocenters. The summed E-state index contributed by atoms with van der Waals surface area (Å²) in [7, 11) is -3.00. The number of nitrogens with one attached hydrogen (secondary N) is 1. The maximum Gasteiger partial charge on any atom is 0.236 e.